The van der Waals surface area contributed by atoms with E-state index in [4.69, 9.17) is 4.74 Å². The van der Waals surface area contributed by atoms with Gasteiger partial charge in [0.2, 0.25) is 5.78 Å². The average molecular weight is 424 g/mol. The van der Waals surface area contributed by atoms with Gasteiger partial charge in [0.05, 0.1) is 17.7 Å². The number of fused-ring (bicyclic) bond motifs is 1. The molecule has 1 aromatic carbocycles. The maximum atomic E-state index is 14.4. The van der Waals surface area contributed by atoms with Crippen LogP contribution in [0.15, 0.2) is 42.7 Å². The van der Waals surface area contributed by atoms with Crippen LogP contribution in [-0.2, 0) is 16.0 Å². The lowest BCUT2D eigenvalue weighted by molar-refractivity contribution is -0.158. The van der Waals surface area contributed by atoms with Gasteiger partial charge in [0.1, 0.15) is 11.5 Å². The predicted octanol–water partition coefficient (Wildman–Crippen LogP) is 3.21. The van der Waals surface area contributed by atoms with Crippen molar-refractivity contribution in [1.82, 2.24) is 19.3 Å². The molecule has 0 saturated carbocycles. The number of halogens is 1. The number of benzene rings is 1. The molecule has 1 amide bonds. The minimum atomic E-state index is -1.00. The zero-order valence-electron chi connectivity index (χ0n) is 17.7. The summed E-state index contributed by atoms with van der Waals surface area (Å²) in [6, 6.07) is 8.17. The van der Waals surface area contributed by atoms with Crippen molar-refractivity contribution in [3.63, 3.8) is 0 Å². The molecule has 1 aliphatic heterocycles. The number of nitrogens with zero attached hydrogens (tertiary/aromatic N) is 4. The second kappa shape index (κ2) is 8.45. The zero-order valence-corrected chi connectivity index (χ0v) is 17.7. The van der Waals surface area contributed by atoms with Gasteiger partial charge in [0.25, 0.3) is 5.91 Å². The molecule has 0 N–H and O–H groups in total. The van der Waals surface area contributed by atoms with Crippen LogP contribution in [-0.4, -0.2) is 50.8 Å². The first-order valence-electron chi connectivity index (χ1n) is 10.4. The van der Waals surface area contributed by atoms with Crippen molar-refractivity contribution in [2.45, 2.75) is 33.1 Å². The summed E-state index contributed by atoms with van der Waals surface area (Å²) in [5.41, 5.74) is 0.442. The van der Waals surface area contributed by atoms with Crippen LogP contribution in [0.25, 0.3) is 5.78 Å². The molecule has 3 heterocycles. The van der Waals surface area contributed by atoms with Crippen LogP contribution in [0.1, 0.15) is 41.5 Å². The topological polar surface area (TPSA) is 76.8 Å². The maximum Gasteiger partial charge on any atom is 0.314 e. The highest BCUT2D eigenvalue weighted by molar-refractivity contribution is 5.95. The zero-order chi connectivity index (χ0) is 22.0. The molecule has 0 unspecified atom stereocenters. The van der Waals surface area contributed by atoms with Crippen LogP contribution in [0.5, 0.6) is 0 Å². The van der Waals surface area contributed by atoms with Crippen LogP contribution in [0, 0.1) is 18.2 Å². The highest BCUT2D eigenvalue weighted by Gasteiger charge is 2.45. The Kier molecular flexibility index (Phi) is 5.71. The van der Waals surface area contributed by atoms with Gasteiger partial charge in [-0.2, -0.15) is 0 Å². The van der Waals surface area contributed by atoms with Crippen LogP contribution >= 0.6 is 0 Å². The van der Waals surface area contributed by atoms with Crippen LogP contribution in [0.2, 0.25) is 0 Å². The van der Waals surface area contributed by atoms with E-state index in [1.807, 2.05) is 0 Å². The van der Waals surface area contributed by atoms with E-state index in [1.54, 1.807) is 59.8 Å². The van der Waals surface area contributed by atoms with Crippen molar-refractivity contribution in [2.75, 3.05) is 19.7 Å². The summed E-state index contributed by atoms with van der Waals surface area (Å²) >= 11 is 0. The molecule has 0 bridgehead atoms. The number of aryl methyl sites for hydroxylation is 1. The Bertz CT molecular complexity index is 1130. The quantitative estimate of drug-likeness (QED) is 0.588. The monoisotopic (exact) mass is 424 g/mol. The van der Waals surface area contributed by atoms with Gasteiger partial charge in [0, 0.05) is 25.5 Å². The van der Waals surface area contributed by atoms with Gasteiger partial charge in [-0.25, -0.2) is 14.4 Å². The fraction of sp³-hybridized carbons (Fsp3) is 0.391. The van der Waals surface area contributed by atoms with E-state index in [0.717, 1.165) is 0 Å². The summed E-state index contributed by atoms with van der Waals surface area (Å²) in [5, 5.41) is 0. The Labute approximate surface area is 179 Å². The molecule has 31 heavy (non-hydrogen) atoms. The lowest BCUT2D eigenvalue weighted by atomic mass is 9.74. The number of ether oxygens (including phenoxy) is 1. The second-order valence-corrected chi connectivity index (χ2v) is 7.93. The van der Waals surface area contributed by atoms with Crippen molar-refractivity contribution in [3.8, 4) is 0 Å². The predicted molar refractivity (Wildman–Crippen MR) is 112 cm³/mol. The van der Waals surface area contributed by atoms with E-state index in [0.29, 0.717) is 42.1 Å². The number of imidazole rings is 1. The molecule has 7 nitrogen and oxygen atoms in total. The van der Waals surface area contributed by atoms with Crippen molar-refractivity contribution in [2.24, 2.45) is 5.41 Å². The number of piperidine rings is 1. The standard InChI is InChI=1S/C23H25FN4O3/c1-3-31-21(30)23(14-17-8-4-5-9-18(17)24)10-6-12-27(15-23)20(29)19-16(2)26-22-25-11-7-13-28(19)22/h4-5,7-9,11,13H,3,6,10,12,14-15H2,1-2H3/t23-/m1/s1. The number of carbonyl (C=O) groups is 2. The molecule has 1 aliphatic rings. The largest absolute Gasteiger partial charge is 0.466 e. The number of likely N-dealkylation sites (tertiary alicyclic amines) is 1. The van der Waals surface area contributed by atoms with Gasteiger partial charge in [-0.1, -0.05) is 18.2 Å². The molecule has 1 atom stereocenters. The lowest BCUT2D eigenvalue weighted by Gasteiger charge is -2.41. The number of rotatable bonds is 5. The molecule has 4 rings (SSSR count). The van der Waals surface area contributed by atoms with E-state index in [9.17, 15) is 14.0 Å². The maximum absolute atomic E-state index is 14.4. The summed E-state index contributed by atoms with van der Waals surface area (Å²) in [4.78, 5) is 36.8. The molecule has 1 fully saturated rings. The first-order valence-corrected chi connectivity index (χ1v) is 10.4. The van der Waals surface area contributed by atoms with E-state index < -0.39 is 11.4 Å². The first-order chi connectivity index (χ1) is 14.9. The van der Waals surface area contributed by atoms with E-state index in [-0.39, 0.29) is 31.3 Å². The van der Waals surface area contributed by atoms with Gasteiger partial charge in [-0.3, -0.25) is 14.0 Å². The number of hydrogen-bond donors (Lipinski definition) is 0. The van der Waals surface area contributed by atoms with Gasteiger partial charge in [-0.15, -0.1) is 0 Å². The molecule has 162 valence electrons. The smallest absolute Gasteiger partial charge is 0.314 e. The third kappa shape index (κ3) is 3.89. The molecular weight excluding hydrogens is 399 g/mol. The summed E-state index contributed by atoms with van der Waals surface area (Å²) in [6.07, 6.45) is 4.69. The highest BCUT2D eigenvalue weighted by Crippen LogP contribution is 2.36. The van der Waals surface area contributed by atoms with Crippen molar-refractivity contribution in [3.05, 3.63) is 65.5 Å². The number of esters is 1. The third-order valence-corrected chi connectivity index (χ3v) is 5.84. The molecular formula is C23H25FN4O3. The van der Waals surface area contributed by atoms with Crippen molar-refractivity contribution >= 4 is 17.7 Å². The van der Waals surface area contributed by atoms with E-state index in [1.165, 1.54) is 6.07 Å². The fourth-order valence-electron chi connectivity index (χ4n) is 4.38. The molecule has 0 spiro atoms. The molecule has 1 saturated heterocycles. The summed E-state index contributed by atoms with van der Waals surface area (Å²) < 4.78 is 21.5. The Morgan fingerprint density at radius 1 is 1.26 bits per heavy atom. The van der Waals surface area contributed by atoms with Gasteiger partial charge >= 0.3 is 5.97 Å². The van der Waals surface area contributed by atoms with Gasteiger partial charge < -0.3 is 9.64 Å². The fourth-order valence-corrected chi connectivity index (χ4v) is 4.38. The molecule has 8 heteroatoms. The highest BCUT2D eigenvalue weighted by atomic mass is 19.1. The summed E-state index contributed by atoms with van der Waals surface area (Å²) in [6.45, 7) is 4.40. The Hall–Kier alpha value is -3.29. The number of amides is 1. The SMILES string of the molecule is CCOC(=O)[C@@]1(Cc2ccccc2F)CCCN(C(=O)c2c(C)nc3ncccn23)C1. The van der Waals surface area contributed by atoms with Crippen LogP contribution in [0.4, 0.5) is 4.39 Å². The lowest BCUT2D eigenvalue weighted by Crippen LogP contribution is -2.52. The van der Waals surface area contributed by atoms with Crippen LogP contribution in [0.3, 0.4) is 0 Å². The number of aromatic nitrogens is 3. The number of carbonyl (C=O) groups excluding carboxylic acids is 2. The average Bonchev–Trinajstić information content (AvgIpc) is 3.11. The molecule has 2 aromatic heterocycles. The normalized spacial score (nSPS) is 18.9. The molecule has 0 aliphatic carbocycles. The molecule has 0 radical (unpaired) electrons. The summed E-state index contributed by atoms with van der Waals surface area (Å²) in [5.74, 6) is -0.533. The van der Waals surface area contributed by atoms with Crippen molar-refractivity contribution in [1.29, 1.82) is 0 Å². The molecule has 3 aromatic rings. The first kappa shape index (κ1) is 21.0. The number of hydrogen-bond acceptors (Lipinski definition) is 5. The minimum absolute atomic E-state index is 0.159. The van der Waals surface area contributed by atoms with E-state index in [2.05, 4.69) is 9.97 Å². The third-order valence-electron chi connectivity index (χ3n) is 5.84. The van der Waals surface area contributed by atoms with E-state index >= 15 is 0 Å². The second-order valence-electron chi connectivity index (χ2n) is 7.93. The Morgan fingerprint density at radius 2 is 2.06 bits per heavy atom. The van der Waals surface area contributed by atoms with Gasteiger partial charge in [-0.05, 0) is 50.8 Å². The Morgan fingerprint density at radius 3 is 2.84 bits per heavy atom. The van der Waals surface area contributed by atoms with Crippen LogP contribution < -0.4 is 0 Å². The van der Waals surface area contributed by atoms with Crippen molar-refractivity contribution < 1.29 is 18.7 Å². The van der Waals surface area contributed by atoms with Gasteiger partial charge in [0.15, 0.2) is 0 Å². The Balaban J connectivity index is 1.68. The summed E-state index contributed by atoms with van der Waals surface area (Å²) in [7, 11) is 0. The minimum Gasteiger partial charge on any atom is -0.466 e.